The van der Waals surface area contributed by atoms with Crippen LogP contribution in [0.3, 0.4) is 0 Å². The van der Waals surface area contributed by atoms with E-state index in [9.17, 15) is 0 Å². The summed E-state index contributed by atoms with van der Waals surface area (Å²) in [7, 11) is 0. The van der Waals surface area contributed by atoms with Crippen LogP contribution in [-0.2, 0) is 14.2 Å². The van der Waals surface area contributed by atoms with Gasteiger partial charge in [-0.15, -0.1) is 0 Å². The van der Waals surface area contributed by atoms with E-state index in [4.69, 9.17) is 19.9 Å². The van der Waals surface area contributed by atoms with Gasteiger partial charge >= 0.3 is 0 Å². The SMILES string of the molecule is CCCOCCC(COCCC)C(N)COCCC. The Morgan fingerprint density at radius 3 is 1.84 bits per heavy atom. The standard InChI is InChI=1S/C15H33NO3/c1-4-8-17-11-7-14(12-18-9-5-2)15(16)13-19-10-6-3/h14-15H,4-13,16H2,1-3H3. The smallest absolute Gasteiger partial charge is 0.0621 e. The molecule has 0 fully saturated rings. The van der Waals surface area contributed by atoms with Gasteiger partial charge in [0.25, 0.3) is 0 Å². The first-order valence-electron chi connectivity index (χ1n) is 7.74. The van der Waals surface area contributed by atoms with E-state index in [0.717, 1.165) is 52.1 Å². The second-order valence-electron chi connectivity index (χ2n) is 4.97. The molecule has 0 radical (unpaired) electrons. The molecule has 0 aromatic heterocycles. The maximum absolute atomic E-state index is 6.20. The lowest BCUT2D eigenvalue weighted by atomic mass is 9.98. The Balaban J connectivity index is 3.92. The number of rotatable bonds is 14. The highest BCUT2D eigenvalue weighted by molar-refractivity contribution is 4.72. The molecule has 0 aromatic rings. The Kier molecular flexibility index (Phi) is 14.1. The number of nitrogens with two attached hydrogens (primary N) is 1. The molecule has 2 N–H and O–H groups in total. The average molecular weight is 275 g/mol. The van der Waals surface area contributed by atoms with Crippen molar-refractivity contribution in [1.82, 2.24) is 0 Å². The van der Waals surface area contributed by atoms with Crippen molar-refractivity contribution in [3.05, 3.63) is 0 Å². The van der Waals surface area contributed by atoms with Crippen molar-refractivity contribution in [2.75, 3.05) is 39.6 Å². The van der Waals surface area contributed by atoms with Crippen LogP contribution in [0.5, 0.6) is 0 Å². The molecule has 2 unspecified atom stereocenters. The van der Waals surface area contributed by atoms with Crippen molar-refractivity contribution in [3.8, 4) is 0 Å². The van der Waals surface area contributed by atoms with Crippen molar-refractivity contribution in [2.45, 2.75) is 52.5 Å². The average Bonchev–Trinajstić information content (AvgIpc) is 2.41. The number of hydrogen-bond donors (Lipinski definition) is 1. The van der Waals surface area contributed by atoms with E-state index in [-0.39, 0.29) is 6.04 Å². The van der Waals surface area contributed by atoms with Gasteiger partial charge in [0.05, 0.1) is 13.2 Å². The molecule has 0 heterocycles. The van der Waals surface area contributed by atoms with E-state index in [1.165, 1.54) is 0 Å². The molecule has 4 heteroatoms. The van der Waals surface area contributed by atoms with Crippen LogP contribution in [0, 0.1) is 5.92 Å². The van der Waals surface area contributed by atoms with Gasteiger partial charge in [0.1, 0.15) is 0 Å². The molecule has 2 atom stereocenters. The fraction of sp³-hybridized carbons (Fsp3) is 1.00. The second kappa shape index (κ2) is 14.3. The molecule has 0 aliphatic carbocycles. The van der Waals surface area contributed by atoms with Gasteiger partial charge in [0.2, 0.25) is 0 Å². The predicted octanol–water partition coefficient (Wildman–Crippen LogP) is 2.60. The molecule has 0 aromatic carbocycles. The first-order chi connectivity index (χ1) is 9.26. The van der Waals surface area contributed by atoms with Crippen LogP contribution < -0.4 is 5.73 Å². The van der Waals surface area contributed by atoms with Crippen molar-refractivity contribution < 1.29 is 14.2 Å². The van der Waals surface area contributed by atoms with Gasteiger partial charge in [-0.1, -0.05) is 20.8 Å². The summed E-state index contributed by atoms with van der Waals surface area (Å²) in [5.41, 5.74) is 6.20. The fourth-order valence-corrected chi connectivity index (χ4v) is 1.78. The third-order valence-electron chi connectivity index (χ3n) is 2.93. The minimum Gasteiger partial charge on any atom is -0.381 e. The van der Waals surface area contributed by atoms with Gasteiger partial charge < -0.3 is 19.9 Å². The lowest BCUT2D eigenvalue weighted by Crippen LogP contribution is -2.38. The molecule has 0 rings (SSSR count). The quantitative estimate of drug-likeness (QED) is 0.495. The topological polar surface area (TPSA) is 53.7 Å². The van der Waals surface area contributed by atoms with Crippen LogP contribution in [0.4, 0.5) is 0 Å². The largest absolute Gasteiger partial charge is 0.381 e. The minimum absolute atomic E-state index is 0.0358. The first-order valence-corrected chi connectivity index (χ1v) is 7.74. The van der Waals surface area contributed by atoms with Gasteiger partial charge in [-0.2, -0.15) is 0 Å². The Morgan fingerprint density at radius 1 is 0.737 bits per heavy atom. The van der Waals surface area contributed by atoms with Crippen LogP contribution in [0.1, 0.15) is 46.5 Å². The van der Waals surface area contributed by atoms with Crippen LogP contribution in [0.15, 0.2) is 0 Å². The molecular formula is C15H33NO3. The van der Waals surface area contributed by atoms with Crippen LogP contribution >= 0.6 is 0 Å². The lowest BCUT2D eigenvalue weighted by molar-refractivity contribution is 0.0384. The van der Waals surface area contributed by atoms with E-state index >= 15 is 0 Å². The summed E-state index contributed by atoms with van der Waals surface area (Å²) in [6.45, 7) is 10.8. The lowest BCUT2D eigenvalue weighted by Gasteiger charge is -2.23. The van der Waals surface area contributed by atoms with Crippen molar-refractivity contribution in [3.63, 3.8) is 0 Å². The van der Waals surface area contributed by atoms with Crippen LogP contribution in [0.2, 0.25) is 0 Å². The van der Waals surface area contributed by atoms with Crippen molar-refractivity contribution >= 4 is 0 Å². The molecule has 4 nitrogen and oxygen atoms in total. The van der Waals surface area contributed by atoms with E-state index < -0.39 is 0 Å². The summed E-state index contributed by atoms with van der Waals surface area (Å²) in [4.78, 5) is 0. The Morgan fingerprint density at radius 2 is 1.26 bits per heavy atom. The number of ether oxygens (including phenoxy) is 3. The van der Waals surface area contributed by atoms with Crippen LogP contribution in [-0.4, -0.2) is 45.7 Å². The zero-order valence-electron chi connectivity index (χ0n) is 13.0. The summed E-state index contributed by atoms with van der Waals surface area (Å²) in [5, 5.41) is 0. The minimum atomic E-state index is 0.0358. The van der Waals surface area contributed by atoms with Gasteiger partial charge in [-0.05, 0) is 25.7 Å². The molecule has 0 saturated heterocycles. The van der Waals surface area contributed by atoms with E-state index in [2.05, 4.69) is 20.8 Å². The van der Waals surface area contributed by atoms with Gasteiger partial charge in [0.15, 0.2) is 0 Å². The zero-order valence-corrected chi connectivity index (χ0v) is 13.0. The molecule has 116 valence electrons. The van der Waals surface area contributed by atoms with Gasteiger partial charge in [0, 0.05) is 38.4 Å². The highest BCUT2D eigenvalue weighted by Crippen LogP contribution is 2.10. The molecule has 0 aliphatic heterocycles. The third kappa shape index (κ3) is 11.4. The summed E-state index contributed by atoms with van der Waals surface area (Å²) < 4.78 is 16.7. The highest BCUT2D eigenvalue weighted by atomic mass is 16.5. The Hall–Kier alpha value is -0.160. The van der Waals surface area contributed by atoms with Gasteiger partial charge in [-0.3, -0.25) is 0 Å². The predicted molar refractivity (Wildman–Crippen MR) is 79.4 cm³/mol. The molecule has 19 heavy (non-hydrogen) atoms. The normalized spacial score (nSPS) is 14.5. The zero-order chi connectivity index (χ0) is 14.3. The Labute approximate surface area is 119 Å². The molecular weight excluding hydrogens is 242 g/mol. The third-order valence-corrected chi connectivity index (χ3v) is 2.93. The molecule has 0 amide bonds. The highest BCUT2D eigenvalue weighted by Gasteiger charge is 2.18. The monoisotopic (exact) mass is 275 g/mol. The van der Waals surface area contributed by atoms with E-state index in [1.54, 1.807) is 0 Å². The molecule has 0 bridgehead atoms. The maximum atomic E-state index is 6.20. The van der Waals surface area contributed by atoms with Crippen LogP contribution in [0.25, 0.3) is 0 Å². The summed E-state index contributed by atoms with van der Waals surface area (Å²) in [6, 6.07) is 0.0358. The van der Waals surface area contributed by atoms with Crippen molar-refractivity contribution in [1.29, 1.82) is 0 Å². The maximum Gasteiger partial charge on any atom is 0.0621 e. The first kappa shape index (κ1) is 18.8. The summed E-state index contributed by atoms with van der Waals surface area (Å²) in [6.07, 6.45) is 4.08. The van der Waals surface area contributed by atoms with E-state index in [0.29, 0.717) is 19.1 Å². The summed E-state index contributed by atoms with van der Waals surface area (Å²) in [5.74, 6) is 0.320. The summed E-state index contributed by atoms with van der Waals surface area (Å²) >= 11 is 0. The molecule has 0 aliphatic rings. The van der Waals surface area contributed by atoms with E-state index in [1.807, 2.05) is 0 Å². The van der Waals surface area contributed by atoms with Gasteiger partial charge in [-0.25, -0.2) is 0 Å². The fourth-order valence-electron chi connectivity index (χ4n) is 1.78. The number of hydrogen-bond acceptors (Lipinski definition) is 4. The molecule has 0 saturated carbocycles. The second-order valence-corrected chi connectivity index (χ2v) is 4.97. The molecule has 0 spiro atoms. The Bertz CT molecular complexity index is 179. The van der Waals surface area contributed by atoms with Crippen molar-refractivity contribution in [2.24, 2.45) is 11.7 Å².